The molecule has 1 fully saturated rings. The molecule has 0 radical (unpaired) electrons. The average molecular weight is 402 g/mol. The maximum atomic E-state index is 11.2. The highest BCUT2D eigenvalue weighted by Crippen LogP contribution is 2.36. The van der Waals surface area contributed by atoms with Gasteiger partial charge in [-0.25, -0.2) is 9.78 Å². The molecular formula is C18H18N4O5S. The number of piperidine rings is 1. The third-order valence-electron chi connectivity index (χ3n) is 5.08. The predicted molar refractivity (Wildman–Crippen MR) is 102 cm³/mol. The maximum Gasteiger partial charge on any atom is 0.407 e. The summed E-state index contributed by atoms with van der Waals surface area (Å²) < 4.78 is 0. The Morgan fingerprint density at radius 2 is 2.07 bits per heavy atom. The number of nitrogens with zero attached hydrogens (tertiary/aromatic N) is 4. The van der Waals surface area contributed by atoms with E-state index in [1.807, 2.05) is 5.38 Å². The summed E-state index contributed by atoms with van der Waals surface area (Å²) in [6.07, 6.45) is 0.547. The van der Waals surface area contributed by atoms with Crippen molar-refractivity contribution in [2.75, 3.05) is 13.1 Å². The van der Waals surface area contributed by atoms with E-state index in [9.17, 15) is 14.9 Å². The van der Waals surface area contributed by atoms with Crippen molar-refractivity contribution in [3.63, 3.8) is 0 Å². The Labute approximate surface area is 164 Å². The van der Waals surface area contributed by atoms with E-state index in [2.05, 4.69) is 10.1 Å². The molecule has 0 saturated carbocycles. The van der Waals surface area contributed by atoms with Gasteiger partial charge in [-0.2, -0.15) is 0 Å². The van der Waals surface area contributed by atoms with Crippen molar-refractivity contribution in [1.29, 1.82) is 0 Å². The van der Waals surface area contributed by atoms with Crippen molar-refractivity contribution in [1.82, 2.24) is 9.88 Å². The molecule has 146 valence electrons. The lowest BCUT2D eigenvalue weighted by Crippen LogP contribution is -2.36. The summed E-state index contributed by atoms with van der Waals surface area (Å²) in [5, 5.41) is 27.3. The summed E-state index contributed by atoms with van der Waals surface area (Å²) in [4.78, 5) is 33.4. The van der Waals surface area contributed by atoms with E-state index >= 15 is 0 Å². The second-order valence-electron chi connectivity index (χ2n) is 6.77. The summed E-state index contributed by atoms with van der Waals surface area (Å²) in [6.45, 7) is 1.03. The number of hydrogen-bond donors (Lipinski definition) is 1. The van der Waals surface area contributed by atoms with Crippen molar-refractivity contribution in [2.45, 2.75) is 31.3 Å². The van der Waals surface area contributed by atoms with E-state index in [0.29, 0.717) is 30.8 Å². The first-order valence-corrected chi connectivity index (χ1v) is 9.80. The number of rotatable bonds is 4. The SMILES string of the molecule is O=C(O)N1CCC(c2nc(C3=NOC(c4ccccc4[N+](=O)[O-])C3)cs2)CC1. The van der Waals surface area contributed by atoms with Crippen LogP contribution in [0.3, 0.4) is 0 Å². The molecule has 4 rings (SSSR count). The largest absolute Gasteiger partial charge is 0.465 e. The standard InChI is InChI=1S/C18H18N4O5S/c23-18(24)21-7-5-11(6-8-21)17-19-14(10-28-17)13-9-16(27-20-13)12-3-1-2-4-15(12)22(25)26/h1-4,10-11,16H,5-9H2,(H,23,24). The van der Waals surface area contributed by atoms with Crippen LogP contribution in [0, 0.1) is 10.1 Å². The molecule has 1 amide bonds. The maximum absolute atomic E-state index is 11.2. The van der Waals surface area contributed by atoms with E-state index in [1.165, 1.54) is 22.3 Å². The van der Waals surface area contributed by atoms with Gasteiger partial charge in [-0.3, -0.25) is 10.1 Å². The molecule has 1 aromatic heterocycles. The van der Waals surface area contributed by atoms with E-state index < -0.39 is 17.1 Å². The molecular weight excluding hydrogens is 384 g/mol. The molecule has 0 bridgehead atoms. The zero-order valence-corrected chi connectivity index (χ0v) is 15.7. The molecule has 2 aliphatic heterocycles. The summed E-state index contributed by atoms with van der Waals surface area (Å²) in [5.41, 5.74) is 1.92. The summed E-state index contributed by atoms with van der Waals surface area (Å²) in [5.74, 6) is 0.239. The van der Waals surface area contributed by atoms with Gasteiger partial charge in [-0.05, 0) is 18.9 Å². The number of hydrogen-bond acceptors (Lipinski definition) is 7. The number of amides is 1. The van der Waals surface area contributed by atoms with Crippen LogP contribution in [0.5, 0.6) is 0 Å². The number of benzene rings is 1. The van der Waals surface area contributed by atoms with Gasteiger partial charge in [0.25, 0.3) is 5.69 Å². The van der Waals surface area contributed by atoms with Gasteiger partial charge in [0.15, 0.2) is 6.10 Å². The lowest BCUT2D eigenvalue weighted by molar-refractivity contribution is -0.386. The lowest BCUT2D eigenvalue weighted by Gasteiger charge is -2.28. The topological polar surface area (TPSA) is 118 Å². The fraction of sp³-hybridized carbons (Fsp3) is 0.389. The van der Waals surface area contributed by atoms with Crippen LogP contribution in [0.2, 0.25) is 0 Å². The van der Waals surface area contributed by atoms with Crippen LogP contribution in [0.15, 0.2) is 34.8 Å². The van der Waals surface area contributed by atoms with Crippen molar-refractivity contribution in [3.05, 3.63) is 56.0 Å². The number of aromatic nitrogens is 1. The van der Waals surface area contributed by atoms with Crippen molar-refractivity contribution < 1.29 is 19.7 Å². The van der Waals surface area contributed by atoms with E-state index in [1.54, 1.807) is 18.2 Å². The fourth-order valence-corrected chi connectivity index (χ4v) is 4.55. The number of carbonyl (C=O) groups is 1. The quantitative estimate of drug-likeness (QED) is 0.614. The Morgan fingerprint density at radius 3 is 2.79 bits per heavy atom. The summed E-state index contributed by atoms with van der Waals surface area (Å²) in [7, 11) is 0. The molecule has 0 aliphatic carbocycles. The Bertz CT molecular complexity index is 936. The number of thiazole rings is 1. The number of nitro benzene ring substituents is 1. The van der Waals surface area contributed by atoms with Crippen LogP contribution in [0.4, 0.5) is 10.5 Å². The smallest absolute Gasteiger partial charge is 0.407 e. The van der Waals surface area contributed by atoms with E-state index in [4.69, 9.17) is 9.94 Å². The normalized spacial score (nSPS) is 19.9. The monoisotopic (exact) mass is 402 g/mol. The van der Waals surface area contributed by atoms with Crippen molar-refractivity contribution in [3.8, 4) is 0 Å². The first kappa shape index (κ1) is 18.4. The van der Waals surface area contributed by atoms with E-state index in [-0.39, 0.29) is 11.6 Å². The first-order chi connectivity index (χ1) is 13.5. The molecule has 3 heterocycles. The van der Waals surface area contributed by atoms with Gasteiger partial charge in [-0.15, -0.1) is 11.3 Å². The van der Waals surface area contributed by atoms with Crippen LogP contribution in [0.1, 0.15) is 47.5 Å². The number of oxime groups is 1. The zero-order valence-electron chi connectivity index (χ0n) is 14.9. The fourth-order valence-electron chi connectivity index (χ4n) is 3.55. The second kappa shape index (κ2) is 7.55. The minimum Gasteiger partial charge on any atom is -0.465 e. The van der Waals surface area contributed by atoms with Crippen LogP contribution in [-0.2, 0) is 4.84 Å². The number of nitro groups is 1. The average Bonchev–Trinajstić information content (AvgIpc) is 3.37. The minimum absolute atomic E-state index is 0.0214. The Morgan fingerprint density at radius 1 is 1.32 bits per heavy atom. The number of para-hydroxylation sites is 1. The molecule has 1 atom stereocenters. The Kier molecular flexibility index (Phi) is 4.95. The van der Waals surface area contributed by atoms with Gasteiger partial charge in [0.05, 0.1) is 21.2 Å². The molecule has 0 spiro atoms. The van der Waals surface area contributed by atoms with Gasteiger partial charge in [0, 0.05) is 36.9 Å². The van der Waals surface area contributed by atoms with Crippen molar-refractivity contribution >= 4 is 28.8 Å². The zero-order chi connectivity index (χ0) is 19.7. The molecule has 1 aromatic carbocycles. The highest BCUT2D eigenvalue weighted by molar-refractivity contribution is 7.10. The molecule has 28 heavy (non-hydrogen) atoms. The third kappa shape index (κ3) is 3.55. The van der Waals surface area contributed by atoms with Crippen molar-refractivity contribution in [2.24, 2.45) is 5.16 Å². The molecule has 1 saturated heterocycles. The van der Waals surface area contributed by atoms with Gasteiger partial charge >= 0.3 is 6.09 Å². The van der Waals surface area contributed by atoms with Gasteiger partial charge in [-0.1, -0.05) is 17.3 Å². The predicted octanol–water partition coefficient (Wildman–Crippen LogP) is 3.77. The van der Waals surface area contributed by atoms with Crippen LogP contribution < -0.4 is 0 Å². The second-order valence-corrected chi connectivity index (χ2v) is 7.66. The molecule has 1 N–H and O–H groups in total. The third-order valence-corrected chi connectivity index (χ3v) is 6.09. The lowest BCUT2D eigenvalue weighted by atomic mass is 9.98. The van der Waals surface area contributed by atoms with Crippen LogP contribution >= 0.6 is 11.3 Å². The Hall–Kier alpha value is -3.01. The van der Waals surface area contributed by atoms with Gasteiger partial charge in [0.2, 0.25) is 0 Å². The Balaban J connectivity index is 1.43. The molecule has 1 unspecified atom stereocenters. The minimum atomic E-state index is -0.878. The van der Waals surface area contributed by atoms with E-state index in [0.717, 1.165) is 23.5 Å². The van der Waals surface area contributed by atoms with Gasteiger partial charge in [0.1, 0.15) is 5.71 Å². The highest BCUT2D eigenvalue weighted by Gasteiger charge is 2.31. The number of carboxylic acid groups (broad SMARTS) is 1. The molecule has 9 nitrogen and oxygen atoms in total. The first-order valence-electron chi connectivity index (χ1n) is 8.92. The van der Waals surface area contributed by atoms with Crippen LogP contribution in [0.25, 0.3) is 0 Å². The van der Waals surface area contributed by atoms with Crippen LogP contribution in [-0.4, -0.2) is 44.8 Å². The molecule has 2 aliphatic rings. The summed E-state index contributed by atoms with van der Waals surface area (Å²) >= 11 is 1.54. The highest BCUT2D eigenvalue weighted by atomic mass is 32.1. The number of likely N-dealkylation sites (tertiary alicyclic amines) is 1. The molecule has 10 heteroatoms. The van der Waals surface area contributed by atoms with Gasteiger partial charge < -0.3 is 14.8 Å². The summed E-state index contributed by atoms with van der Waals surface area (Å²) in [6, 6.07) is 6.51. The molecule has 2 aromatic rings.